The average molecular weight is 234 g/mol. The highest BCUT2D eigenvalue weighted by atomic mass is 16.1. The van der Waals surface area contributed by atoms with Crippen molar-refractivity contribution in [3.8, 4) is 0 Å². The van der Waals surface area contributed by atoms with E-state index < -0.39 is 0 Å². The largest absolute Gasteiger partial charge is 0.398 e. The lowest BCUT2D eigenvalue weighted by Gasteiger charge is -2.13. The molecular formula is C14H22N2O. The third-order valence-electron chi connectivity index (χ3n) is 3.15. The first-order valence-electron chi connectivity index (χ1n) is 6.31. The Kier molecular flexibility index (Phi) is 5.01. The molecule has 3 N–H and O–H groups in total. The fourth-order valence-electron chi connectivity index (χ4n) is 1.90. The zero-order valence-electron chi connectivity index (χ0n) is 10.9. The number of rotatable bonds is 5. The lowest BCUT2D eigenvalue weighted by atomic mass is 10.0. The van der Waals surface area contributed by atoms with Crippen LogP contribution < -0.4 is 11.1 Å². The molecule has 17 heavy (non-hydrogen) atoms. The van der Waals surface area contributed by atoms with Crippen molar-refractivity contribution >= 4 is 17.3 Å². The molecule has 0 saturated carbocycles. The predicted octanol–water partition coefficient (Wildman–Crippen LogP) is 3.21. The smallest absolute Gasteiger partial charge is 0.227 e. The minimum Gasteiger partial charge on any atom is -0.398 e. The summed E-state index contributed by atoms with van der Waals surface area (Å²) in [5.74, 6) is 0.167. The van der Waals surface area contributed by atoms with E-state index in [4.69, 9.17) is 5.73 Å². The lowest BCUT2D eigenvalue weighted by Crippen LogP contribution is -2.21. The molecular weight excluding hydrogens is 212 g/mol. The van der Waals surface area contributed by atoms with Gasteiger partial charge in [-0.3, -0.25) is 4.79 Å². The Morgan fingerprint density at radius 2 is 1.94 bits per heavy atom. The number of nitrogens with one attached hydrogen (secondary N) is 1. The molecule has 0 saturated heterocycles. The van der Waals surface area contributed by atoms with Crippen molar-refractivity contribution in [2.75, 3.05) is 11.1 Å². The monoisotopic (exact) mass is 234 g/mol. The number of nitrogen functional groups attached to an aromatic ring is 1. The molecule has 1 aromatic rings. The van der Waals surface area contributed by atoms with Crippen molar-refractivity contribution in [1.82, 2.24) is 0 Å². The normalized spacial score (nSPS) is 10.6. The summed E-state index contributed by atoms with van der Waals surface area (Å²) in [7, 11) is 0. The molecule has 0 aromatic heterocycles. The molecule has 3 heteroatoms. The van der Waals surface area contributed by atoms with Gasteiger partial charge in [-0.25, -0.2) is 0 Å². The summed E-state index contributed by atoms with van der Waals surface area (Å²) < 4.78 is 0. The van der Waals surface area contributed by atoms with Crippen LogP contribution in [0.2, 0.25) is 0 Å². The second-order valence-electron chi connectivity index (χ2n) is 4.27. The Bertz CT molecular complexity index is 384. The maximum atomic E-state index is 11.9. The number of hydrogen-bond acceptors (Lipinski definition) is 2. The van der Waals surface area contributed by atoms with E-state index in [0.717, 1.165) is 36.2 Å². The summed E-state index contributed by atoms with van der Waals surface area (Å²) in [4.78, 5) is 11.9. The van der Waals surface area contributed by atoms with Crippen LogP contribution in [-0.2, 0) is 11.2 Å². The number of anilines is 2. The van der Waals surface area contributed by atoms with E-state index in [9.17, 15) is 4.79 Å². The molecule has 0 fully saturated rings. The summed E-state index contributed by atoms with van der Waals surface area (Å²) in [5.41, 5.74) is 8.55. The van der Waals surface area contributed by atoms with Gasteiger partial charge in [0, 0.05) is 17.3 Å². The topological polar surface area (TPSA) is 55.1 Å². The number of carbonyl (C=O) groups excluding carboxylic acids is 1. The van der Waals surface area contributed by atoms with Gasteiger partial charge in [-0.05, 0) is 37.0 Å². The molecule has 0 bridgehead atoms. The summed E-state index contributed by atoms with van der Waals surface area (Å²) in [6.07, 6.45) is 2.64. The molecule has 0 unspecified atom stereocenters. The van der Waals surface area contributed by atoms with Gasteiger partial charge >= 0.3 is 0 Å². The molecule has 0 aliphatic carbocycles. The Balaban J connectivity index is 2.75. The maximum absolute atomic E-state index is 11.9. The molecule has 0 heterocycles. The van der Waals surface area contributed by atoms with Gasteiger partial charge in [-0.15, -0.1) is 0 Å². The fraction of sp³-hybridized carbons (Fsp3) is 0.500. The molecule has 1 amide bonds. The van der Waals surface area contributed by atoms with Crippen molar-refractivity contribution in [2.45, 2.75) is 40.0 Å². The number of carbonyl (C=O) groups is 1. The zero-order valence-corrected chi connectivity index (χ0v) is 10.9. The zero-order chi connectivity index (χ0) is 12.8. The van der Waals surface area contributed by atoms with Crippen molar-refractivity contribution in [3.63, 3.8) is 0 Å². The van der Waals surface area contributed by atoms with Crippen molar-refractivity contribution in [3.05, 3.63) is 23.8 Å². The van der Waals surface area contributed by atoms with E-state index in [1.807, 2.05) is 32.0 Å². The second kappa shape index (κ2) is 6.28. The SMILES string of the molecule is CCc1ccc(NC(=O)C(CC)CC)cc1N. The number of hydrogen-bond donors (Lipinski definition) is 2. The van der Waals surface area contributed by atoms with Gasteiger partial charge in [-0.1, -0.05) is 26.8 Å². The third-order valence-corrected chi connectivity index (χ3v) is 3.15. The minimum atomic E-state index is 0.0821. The van der Waals surface area contributed by atoms with Crippen molar-refractivity contribution in [1.29, 1.82) is 0 Å². The van der Waals surface area contributed by atoms with Gasteiger partial charge in [0.2, 0.25) is 5.91 Å². The number of benzene rings is 1. The van der Waals surface area contributed by atoms with Gasteiger partial charge in [0.05, 0.1) is 0 Å². The molecule has 94 valence electrons. The van der Waals surface area contributed by atoms with Crippen LogP contribution in [0.25, 0.3) is 0 Å². The predicted molar refractivity (Wildman–Crippen MR) is 72.9 cm³/mol. The van der Waals surface area contributed by atoms with Gasteiger partial charge in [0.1, 0.15) is 0 Å². The van der Waals surface area contributed by atoms with Crippen LogP contribution in [0.1, 0.15) is 39.2 Å². The molecule has 0 aliphatic rings. The van der Waals surface area contributed by atoms with Gasteiger partial charge in [-0.2, -0.15) is 0 Å². The number of aryl methyl sites for hydroxylation is 1. The van der Waals surface area contributed by atoms with E-state index >= 15 is 0 Å². The average Bonchev–Trinajstić information content (AvgIpc) is 2.31. The summed E-state index contributed by atoms with van der Waals surface area (Å²) in [6.45, 7) is 6.12. The van der Waals surface area contributed by atoms with Crippen LogP contribution in [0.4, 0.5) is 11.4 Å². The van der Waals surface area contributed by atoms with E-state index in [1.54, 1.807) is 0 Å². The van der Waals surface area contributed by atoms with Crippen LogP contribution in [0.15, 0.2) is 18.2 Å². The number of amides is 1. The molecule has 0 radical (unpaired) electrons. The standard InChI is InChI=1S/C14H22N2O/c1-4-10(5-2)14(17)16-12-8-7-11(6-3)13(15)9-12/h7-10H,4-6,15H2,1-3H3,(H,16,17). The molecule has 1 rings (SSSR count). The van der Waals surface area contributed by atoms with E-state index in [0.29, 0.717) is 0 Å². The fourth-order valence-corrected chi connectivity index (χ4v) is 1.90. The molecule has 0 aliphatic heterocycles. The van der Waals surface area contributed by atoms with Gasteiger partial charge < -0.3 is 11.1 Å². The summed E-state index contributed by atoms with van der Waals surface area (Å²) >= 11 is 0. The van der Waals surface area contributed by atoms with Gasteiger partial charge in [0.25, 0.3) is 0 Å². The van der Waals surface area contributed by atoms with E-state index in [2.05, 4.69) is 12.2 Å². The summed E-state index contributed by atoms with van der Waals surface area (Å²) in [5, 5.41) is 2.92. The highest BCUT2D eigenvalue weighted by molar-refractivity contribution is 5.93. The Labute approximate surface area is 103 Å². The van der Waals surface area contributed by atoms with E-state index in [1.165, 1.54) is 0 Å². The van der Waals surface area contributed by atoms with Crippen molar-refractivity contribution < 1.29 is 4.79 Å². The van der Waals surface area contributed by atoms with Crippen LogP contribution in [0.3, 0.4) is 0 Å². The molecule has 1 aromatic carbocycles. The Morgan fingerprint density at radius 3 is 2.41 bits per heavy atom. The minimum absolute atomic E-state index is 0.0821. The molecule has 3 nitrogen and oxygen atoms in total. The summed E-state index contributed by atoms with van der Waals surface area (Å²) in [6, 6.07) is 5.71. The van der Waals surface area contributed by atoms with Crippen LogP contribution in [-0.4, -0.2) is 5.91 Å². The highest BCUT2D eigenvalue weighted by Gasteiger charge is 2.14. The highest BCUT2D eigenvalue weighted by Crippen LogP contribution is 2.20. The van der Waals surface area contributed by atoms with Crippen LogP contribution in [0.5, 0.6) is 0 Å². The second-order valence-corrected chi connectivity index (χ2v) is 4.27. The first-order chi connectivity index (χ1) is 8.12. The molecule has 0 spiro atoms. The van der Waals surface area contributed by atoms with Gasteiger partial charge in [0.15, 0.2) is 0 Å². The quantitative estimate of drug-likeness (QED) is 0.769. The van der Waals surface area contributed by atoms with E-state index in [-0.39, 0.29) is 11.8 Å². The number of nitrogens with two attached hydrogens (primary N) is 1. The first kappa shape index (κ1) is 13.6. The van der Waals surface area contributed by atoms with Crippen LogP contribution >= 0.6 is 0 Å². The van der Waals surface area contributed by atoms with Crippen LogP contribution in [0, 0.1) is 5.92 Å². The Morgan fingerprint density at radius 1 is 1.29 bits per heavy atom. The first-order valence-corrected chi connectivity index (χ1v) is 6.31. The lowest BCUT2D eigenvalue weighted by molar-refractivity contribution is -0.120. The third kappa shape index (κ3) is 3.48. The molecule has 0 atom stereocenters. The Hall–Kier alpha value is -1.51. The van der Waals surface area contributed by atoms with Crippen molar-refractivity contribution in [2.24, 2.45) is 5.92 Å². The maximum Gasteiger partial charge on any atom is 0.227 e.